The number of nitrogens with one attached hydrogen (secondary N) is 2. The molecule has 0 bridgehead atoms. The van der Waals surface area contributed by atoms with E-state index < -0.39 is 41.6 Å². The fraction of sp³-hybridized carbons (Fsp3) is 0.553. The van der Waals surface area contributed by atoms with Gasteiger partial charge in [-0.3, -0.25) is 0 Å². The number of alkyl halides is 4. The Balaban J connectivity index is 1.83. The van der Waals surface area contributed by atoms with Crippen LogP contribution in [0, 0.1) is 24.6 Å². The summed E-state index contributed by atoms with van der Waals surface area (Å²) >= 11 is 0. The Morgan fingerprint density at radius 2 is 1.80 bits per heavy atom. The first-order valence-electron chi connectivity index (χ1n) is 17.2. The van der Waals surface area contributed by atoms with Gasteiger partial charge in [-0.1, -0.05) is 23.3 Å². The van der Waals surface area contributed by atoms with Gasteiger partial charge in [0.25, 0.3) is 0 Å². The van der Waals surface area contributed by atoms with Gasteiger partial charge in [0.05, 0.1) is 0 Å². The van der Waals surface area contributed by atoms with Crippen molar-refractivity contribution in [1.82, 2.24) is 15.6 Å². The van der Waals surface area contributed by atoms with Crippen LogP contribution < -0.4 is 10.7 Å². The van der Waals surface area contributed by atoms with E-state index in [-0.39, 0.29) is 43.1 Å². The molecule has 1 fully saturated rings. The number of carbonyl (C=O) groups excluding carboxylic acids is 1. The molecule has 1 aromatic carbocycles. The van der Waals surface area contributed by atoms with Gasteiger partial charge in [-0.05, 0) is 62.5 Å². The normalized spacial score (nSPS) is 18.1. The summed E-state index contributed by atoms with van der Waals surface area (Å²) in [6.07, 6.45) is 1.39. The number of carbonyl (C=O) groups is 1. The fourth-order valence-electron chi connectivity index (χ4n) is 6.50. The van der Waals surface area contributed by atoms with Gasteiger partial charge in [-0.2, -0.15) is 0 Å². The average Bonchev–Trinajstić information content (AvgIpc) is 3.11. The van der Waals surface area contributed by atoms with Crippen LogP contribution in [0.15, 0.2) is 57.8 Å². The molecule has 0 radical (unpaired) electrons. The SMILES string of the molecule is B=C(/C(=C\C(CCN1CC(F)C1)=N/NCC(=O)N[C@@H](CC)c1cc(C2=C(C)C=C(C)C=C(C)C2)cc(C)c1F)C(F)(F)F)C(C)CC(C)C. The predicted octanol–water partition coefficient (Wildman–Crippen LogP) is 8.00. The number of aryl methyl sites for hydroxylation is 1. The number of hydrogen-bond acceptors (Lipinski definition) is 4. The first-order chi connectivity index (χ1) is 22.9. The first kappa shape index (κ1) is 40.1. The molecule has 11 heteroatoms. The van der Waals surface area contributed by atoms with Gasteiger partial charge in [0, 0.05) is 0 Å². The summed E-state index contributed by atoms with van der Waals surface area (Å²) in [5.41, 5.74) is 8.05. The Hall–Kier alpha value is -3.34. The molecule has 0 aromatic heterocycles. The number of benzene rings is 1. The maximum atomic E-state index is 15.6. The number of amides is 1. The van der Waals surface area contributed by atoms with Crippen LogP contribution in [0.25, 0.3) is 5.57 Å². The van der Waals surface area contributed by atoms with Crippen molar-refractivity contribution in [2.24, 2.45) is 16.9 Å². The molecule has 1 aliphatic carbocycles. The van der Waals surface area contributed by atoms with Gasteiger partial charge < -0.3 is 0 Å². The Bertz CT molecular complexity index is 1530. The molecule has 2 N–H and O–H groups in total. The van der Waals surface area contributed by atoms with Crippen LogP contribution in [0.5, 0.6) is 0 Å². The van der Waals surface area contributed by atoms with Crippen LogP contribution in [0.3, 0.4) is 0 Å². The summed E-state index contributed by atoms with van der Waals surface area (Å²) in [7, 11) is 3.78. The first-order valence-corrected chi connectivity index (χ1v) is 17.2. The van der Waals surface area contributed by atoms with E-state index in [1.807, 2.05) is 40.7 Å². The van der Waals surface area contributed by atoms with Crippen LogP contribution in [0.1, 0.15) is 96.9 Å². The number of rotatable bonds is 15. The molecule has 268 valence electrons. The van der Waals surface area contributed by atoms with Crippen LogP contribution in [-0.4, -0.2) is 68.0 Å². The summed E-state index contributed by atoms with van der Waals surface area (Å²) < 4.78 is 71.8. The van der Waals surface area contributed by atoms with E-state index in [1.165, 1.54) is 5.57 Å². The van der Waals surface area contributed by atoms with E-state index in [2.05, 4.69) is 42.4 Å². The topological polar surface area (TPSA) is 56.7 Å². The maximum absolute atomic E-state index is 15.6. The zero-order chi connectivity index (χ0) is 36.6. The number of halogens is 5. The number of nitrogens with zero attached hydrogens (tertiary/aromatic N) is 2. The molecule has 49 heavy (non-hydrogen) atoms. The predicted molar refractivity (Wildman–Crippen MR) is 193 cm³/mol. The third kappa shape index (κ3) is 11.6. The van der Waals surface area contributed by atoms with Crippen molar-refractivity contribution in [2.45, 2.75) is 99.5 Å². The number of allylic oxidation sites excluding steroid dienone is 8. The zero-order valence-electron chi connectivity index (χ0n) is 30.3. The van der Waals surface area contributed by atoms with Crippen molar-refractivity contribution >= 4 is 30.1 Å². The van der Waals surface area contributed by atoms with E-state index in [1.54, 1.807) is 24.8 Å². The minimum atomic E-state index is -4.66. The number of hydrazone groups is 1. The molecule has 2 atom stereocenters. The third-order valence-corrected chi connectivity index (χ3v) is 9.04. The second kappa shape index (κ2) is 17.5. The van der Waals surface area contributed by atoms with E-state index in [4.69, 9.17) is 0 Å². The summed E-state index contributed by atoms with van der Waals surface area (Å²) in [4.78, 5) is 14.9. The van der Waals surface area contributed by atoms with Gasteiger partial charge in [0.2, 0.25) is 0 Å². The monoisotopic (exact) mass is 686 g/mol. The molecule has 5 nitrogen and oxygen atoms in total. The Morgan fingerprint density at radius 3 is 2.39 bits per heavy atom. The van der Waals surface area contributed by atoms with E-state index in [0.29, 0.717) is 30.5 Å². The Kier molecular flexibility index (Phi) is 14.4. The van der Waals surface area contributed by atoms with E-state index in [9.17, 15) is 22.4 Å². The number of likely N-dealkylation sites (tertiary alicyclic amines) is 1. The van der Waals surface area contributed by atoms with E-state index in [0.717, 1.165) is 34.8 Å². The molecule has 1 amide bonds. The Morgan fingerprint density at radius 1 is 1.12 bits per heavy atom. The van der Waals surface area contributed by atoms with Crippen LogP contribution >= 0.6 is 0 Å². The van der Waals surface area contributed by atoms with Gasteiger partial charge in [-0.25, -0.2) is 4.39 Å². The molecule has 0 spiro atoms. The average molecular weight is 687 g/mol. The zero-order valence-corrected chi connectivity index (χ0v) is 30.3. The molecule has 1 unspecified atom stereocenters. The van der Waals surface area contributed by atoms with Crippen molar-refractivity contribution in [3.8, 4) is 0 Å². The second-order valence-corrected chi connectivity index (χ2v) is 14.1. The molecular formula is C38H52BF5N4O. The van der Waals surface area contributed by atoms with Crippen LogP contribution in [0.2, 0.25) is 0 Å². The minimum absolute atomic E-state index is 0.0306. The molecule has 1 saturated heterocycles. The quantitative estimate of drug-likeness (QED) is 0.0852. The molecule has 1 heterocycles. The van der Waals surface area contributed by atoms with Gasteiger partial charge in [-0.15, -0.1) is 0 Å². The van der Waals surface area contributed by atoms with Crippen molar-refractivity contribution in [3.05, 3.63) is 75.2 Å². The van der Waals surface area contributed by atoms with Crippen molar-refractivity contribution < 1.29 is 26.7 Å². The summed E-state index contributed by atoms with van der Waals surface area (Å²) in [5, 5.41) is 7.06. The molecule has 1 aromatic rings. The Labute approximate surface area is 289 Å². The van der Waals surface area contributed by atoms with Gasteiger partial charge in [0.1, 0.15) is 0 Å². The summed E-state index contributed by atoms with van der Waals surface area (Å²) in [6.45, 7) is 15.7. The summed E-state index contributed by atoms with van der Waals surface area (Å²) in [6, 6.07) is 3.00. The molecule has 3 rings (SSSR count). The molecule has 0 saturated carbocycles. The van der Waals surface area contributed by atoms with Crippen LogP contribution in [-0.2, 0) is 4.79 Å². The van der Waals surface area contributed by atoms with Gasteiger partial charge in [0.15, 0.2) is 0 Å². The molecule has 1 aliphatic heterocycles. The number of hydrogen-bond donors (Lipinski definition) is 2. The third-order valence-electron chi connectivity index (χ3n) is 9.04. The van der Waals surface area contributed by atoms with Crippen molar-refractivity contribution in [2.75, 3.05) is 26.2 Å². The molecule has 2 aliphatic rings. The fourth-order valence-corrected chi connectivity index (χ4v) is 6.50. The standard InChI is InChI=1S/C38H52BF5N4O/c1-9-34(32-17-28(16-27(8)37(32)41)31-15-24(5)13-23(4)14-25(31)6)46-35(49)19-45-47-30(10-11-48-20-29(40)21-48)18-33(38(42,43)44)36(39)26(7)12-22(2)3/h13-14,16-18,22,26,29,34,39,45H,9-12,15,19-21H2,1-8H3,(H,46,49)/b33-18+,47-30-/t26?,34-/m0/s1. The van der Waals surface area contributed by atoms with Crippen molar-refractivity contribution in [3.63, 3.8) is 0 Å². The van der Waals surface area contributed by atoms with E-state index >= 15 is 4.39 Å². The molecular weight excluding hydrogens is 634 g/mol. The van der Waals surface area contributed by atoms with Gasteiger partial charge >= 0.3 is 200 Å². The van der Waals surface area contributed by atoms with Crippen LogP contribution in [0.4, 0.5) is 22.0 Å². The summed E-state index contributed by atoms with van der Waals surface area (Å²) in [5.74, 6) is -1.11. The van der Waals surface area contributed by atoms with Crippen molar-refractivity contribution in [1.29, 1.82) is 0 Å². The second-order valence-electron chi connectivity index (χ2n) is 14.1.